The van der Waals surface area contributed by atoms with Gasteiger partial charge in [0.1, 0.15) is 0 Å². The molecule has 0 spiro atoms. The van der Waals surface area contributed by atoms with Gasteiger partial charge in [-0.25, -0.2) is 0 Å². The lowest BCUT2D eigenvalue weighted by atomic mass is 10.0. The fraction of sp³-hybridized carbons (Fsp3) is 0.375. The van der Waals surface area contributed by atoms with Gasteiger partial charge in [0.25, 0.3) is 0 Å². The smallest absolute Gasteiger partial charge is 0.0701 e. The Morgan fingerprint density at radius 1 is 1.20 bits per heavy atom. The van der Waals surface area contributed by atoms with E-state index in [2.05, 4.69) is 52.4 Å². The Labute approximate surface area is 138 Å². The van der Waals surface area contributed by atoms with Gasteiger partial charge < -0.3 is 5.32 Å². The molecule has 0 aliphatic rings. The van der Waals surface area contributed by atoms with Crippen molar-refractivity contribution in [2.45, 2.75) is 32.2 Å². The van der Waals surface area contributed by atoms with Crippen LogP contribution in [0.15, 0.2) is 40.2 Å². The van der Waals surface area contributed by atoms with Crippen molar-refractivity contribution in [1.29, 1.82) is 0 Å². The maximum absolute atomic E-state index is 5.96. The number of hydrogen-bond donors (Lipinski definition) is 1. The summed E-state index contributed by atoms with van der Waals surface area (Å²) in [7, 11) is 0. The van der Waals surface area contributed by atoms with Gasteiger partial charge >= 0.3 is 0 Å². The van der Waals surface area contributed by atoms with E-state index in [0.717, 1.165) is 24.4 Å². The second-order valence-electron chi connectivity index (χ2n) is 4.80. The maximum atomic E-state index is 5.96. The fourth-order valence-electron chi connectivity index (χ4n) is 2.23. The van der Waals surface area contributed by atoms with E-state index >= 15 is 0 Å². The maximum Gasteiger partial charge on any atom is 0.0701 e. The number of rotatable bonds is 7. The lowest BCUT2D eigenvalue weighted by Gasteiger charge is -2.18. The number of nitrogens with one attached hydrogen (secondary N) is 1. The summed E-state index contributed by atoms with van der Waals surface area (Å²) in [5.74, 6) is 0. The molecule has 1 aromatic carbocycles. The molecule has 1 atom stereocenters. The first-order valence-electron chi connectivity index (χ1n) is 6.92. The highest BCUT2D eigenvalue weighted by molar-refractivity contribution is 9.11. The highest BCUT2D eigenvalue weighted by Gasteiger charge is 2.09. The molecule has 0 aliphatic heterocycles. The van der Waals surface area contributed by atoms with Crippen LogP contribution in [-0.2, 0) is 6.42 Å². The monoisotopic (exact) mass is 371 g/mol. The molecular weight excluding hydrogens is 354 g/mol. The minimum absolute atomic E-state index is 0.417. The molecule has 1 unspecified atom stereocenters. The predicted molar refractivity (Wildman–Crippen MR) is 92.8 cm³/mol. The zero-order valence-electron chi connectivity index (χ0n) is 11.5. The average molecular weight is 373 g/mol. The van der Waals surface area contributed by atoms with E-state index in [1.54, 1.807) is 0 Å². The van der Waals surface area contributed by atoms with Crippen molar-refractivity contribution in [3.63, 3.8) is 0 Å². The van der Waals surface area contributed by atoms with Gasteiger partial charge in [-0.15, -0.1) is 11.3 Å². The number of hydrogen-bond acceptors (Lipinski definition) is 2. The summed E-state index contributed by atoms with van der Waals surface area (Å²) in [4.78, 5) is 1.41. The Morgan fingerprint density at radius 3 is 2.55 bits per heavy atom. The van der Waals surface area contributed by atoms with Crippen molar-refractivity contribution >= 4 is 38.9 Å². The van der Waals surface area contributed by atoms with E-state index in [4.69, 9.17) is 11.6 Å². The first kappa shape index (κ1) is 16.0. The summed E-state index contributed by atoms with van der Waals surface area (Å²) >= 11 is 11.3. The lowest BCUT2D eigenvalue weighted by molar-refractivity contribution is 0.498. The Balaban J connectivity index is 1.90. The van der Waals surface area contributed by atoms with Crippen molar-refractivity contribution in [3.8, 4) is 0 Å². The van der Waals surface area contributed by atoms with Crippen molar-refractivity contribution in [2.75, 3.05) is 6.54 Å². The minimum Gasteiger partial charge on any atom is -0.310 e. The van der Waals surface area contributed by atoms with Gasteiger partial charge in [-0.3, -0.25) is 0 Å². The van der Waals surface area contributed by atoms with Crippen LogP contribution in [0.25, 0.3) is 0 Å². The van der Waals surface area contributed by atoms with Crippen LogP contribution in [0.3, 0.4) is 0 Å². The quantitative estimate of drug-likeness (QED) is 0.644. The Bertz CT molecular complexity index is 524. The van der Waals surface area contributed by atoms with Crippen LogP contribution < -0.4 is 5.32 Å². The van der Waals surface area contributed by atoms with Crippen molar-refractivity contribution in [1.82, 2.24) is 5.32 Å². The summed E-state index contributed by atoms with van der Waals surface area (Å²) in [6.45, 7) is 3.22. The molecule has 0 bridgehead atoms. The molecule has 0 saturated carbocycles. The molecule has 1 N–H and O–H groups in total. The predicted octanol–water partition coefficient (Wildman–Crippen LogP) is 5.84. The summed E-state index contributed by atoms with van der Waals surface area (Å²) < 4.78 is 1.20. The second kappa shape index (κ2) is 8.18. The highest BCUT2D eigenvalue weighted by atomic mass is 79.9. The highest BCUT2D eigenvalue weighted by Crippen LogP contribution is 2.23. The molecule has 0 aliphatic carbocycles. The Morgan fingerprint density at radius 2 is 1.95 bits per heavy atom. The molecule has 2 aromatic rings. The second-order valence-corrected chi connectivity index (χ2v) is 7.79. The zero-order chi connectivity index (χ0) is 14.4. The molecule has 2 rings (SSSR count). The van der Waals surface area contributed by atoms with Gasteiger partial charge in [0.05, 0.1) is 3.79 Å². The first-order valence-corrected chi connectivity index (χ1v) is 8.91. The van der Waals surface area contributed by atoms with Gasteiger partial charge in [-0.1, -0.05) is 37.1 Å². The SMILES string of the molecule is CCCC(NCCc1ccc(Br)s1)c1ccc(Cl)cc1. The van der Waals surface area contributed by atoms with Crippen LogP contribution >= 0.6 is 38.9 Å². The third-order valence-electron chi connectivity index (χ3n) is 3.24. The van der Waals surface area contributed by atoms with Crippen LogP contribution in [0.2, 0.25) is 5.02 Å². The van der Waals surface area contributed by atoms with Crippen LogP contribution in [0.5, 0.6) is 0 Å². The van der Waals surface area contributed by atoms with Crippen LogP contribution in [-0.4, -0.2) is 6.54 Å². The first-order chi connectivity index (χ1) is 9.69. The third-order valence-corrected chi connectivity index (χ3v) is 5.18. The standard InChI is InChI=1S/C16H19BrClNS/c1-2-3-15(12-4-6-13(18)7-5-12)19-11-10-14-8-9-16(17)20-14/h4-9,15,19H,2-3,10-11H2,1H3. The fourth-order valence-corrected chi connectivity index (χ4v) is 3.83. The molecule has 0 amide bonds. The molecule has 1 heterocycles. The van der Waals surface area contributed by atoms with Crippen molar-refractivity contribution in [3.05, 3.63) is 55.6 Å². The molecular formula is C16H19BrClNS. The zero-order valence-corrected chi connectivity index (χ0v) is 14.7. The van der Waals surface area contributed by atoms with E-state index in [9.17, 15) is 0 Å². The third kappa shape index (κ3) is 4.88. The van der Waals surface area contributed by atoms with E-state index < -0.39 is 0 Å². The molecule has 0 saturated heterocycles. The summed E-state index contributed by atoms with van der Waals surface area (Å²) in [6, 6.07) is 12.9. The number of thiophene rings is 1. The molecule has 108 valence electrons. The molecule has 1 aromatic heterocycles. The molecule has 1 nitrogen and oxygen atoms in total. The lowest BCUT2D eigenvalue weighted by Crippen LogP contribution is -2.23. The molecule has 20 heavy (non-hydrogen) atoms. The van der Waals surface area contributed by atoms with Crippen molar-refractivity contribution < 1.29 is 0 Å². The van der Waals surface area contributed by atoms with Gasteiger partial charge in [0, 0.05) is 22.5 Å². The minimum atomic E-state index is 0.417. The van der Waals surface area contributed by atoms with E-state index in [1.165, 1.54) is 20.6 Å². The molecule has 0 fully saturated rings. The summed E-state index contributed by atoms with van der Waals surface area (Å²) in [6.07, 6.45) is 3.39. The van der Waals surface area contributed by atoms with Crippen LogP contribution in [0.1, 0.15) is 36.2 Å². The molecule has 0 radical (unpaired) electrons. The van der Waals surface area contributed by atoms with E-state index in [0.29, 0.717) is 6.04 Å². The van der Waals surface area contributed by atoms with Crippen molar-refractivity contribution in [2.24, 2.45) is 0 Å². The van der Waals surface area contributed by atoms with Crippen LogP contribution in [0, 0.1) is 0 Å². The molecule has 4 heteroatoms. The Kier molecular flexibility index (Phi) is 6.56. The topological polar surface area (TPSA) is 12.0 Å². The Hall–Kier alpha value is -0.350. The van der Waals surface area contributed by atoms with Gasteiger partial charge in [0.2, 0.25) is 0 Å². The van der Waals surface area contributed by atoms with Gasteiger partial charge in [-0.2, -0.15) is 0 Å². The number of benzene rings is 1. The normalized spacial score (nSPS) is 12.6. The van der Waals surface area contributed by atoms with Crippen LogP contribution in [0.4, 0.5) is 0 Å². The average Bonchev–Trinajstić information content (AvgIpc) is 2.84. The van der Waals surface area contributed by atoms with Gasteiger partial charge in [-0.05, 0) is 58.6 Å². The largest absolute Gasteiger partial charge is 0.310 e. The number of halogens is 2. The summed E-state index contributed by atoms with van der Waals surface area (Å²) in [5.41, 5.74) is 1.32. The van der Waals surface area contributed by atoms with E-state index in [1.807, 2.05) is 23.5 Å². The van der Waals surface area contributed by atoms with Gasteiger partial charge in [0.15, 0.2) is 0 Å². The van der Waals surface area contributed by atoms with E-state index in [-0.39, 0.29) is 0 Å². The summed E-state index contributed by atoms with van der Waals surface area (Å²) in [5, 5.41) is 4.46.